The lowest BCUT2D eigenvalue weighted by Crippen LogP contribution is -2.14. The highest BCUT2D eigenvalue weighted by atomic mass is 19.2. The highest BCUT2D eigenvalue weighted by Crippen LogP contribution is 2.17. The molecule has 20 heavy (non-hydrogen) atoms. The van der Waals surface area contributed by atoms with Crippen LogP contribution in [0.15, 0.2) is 42.5 Å². The van der Waals surface area contributed by atoms with E-state index in [0.29, 0.717) is 0 Å². The van der Waals surface area contributed by atoms with Gasteiger partial charge >= 0.3 is 5.97 Å². The summed E-state index contributed by atoms with van der Waals surface area (Å²) >= 11 is 0. The summed E-state index contributed by atoms with van der Waals surface area (Å²) in [6.45, 7) is 0. The van der Waals surface area contributed by atoms with Crippen molar-refractivity contribution in [2.24, 2.45) is 0 Å². The van der Waals surface area contributed by atoms with Crippen molar-refractivity contribution in [1.82, 2.24) is 0 Å². The van der Waals surface area contributed by atoms with E-state index in [9.17, 15) is 18.4 Å². The van der Waals surface area contributed by atoms with Crippen LogP contribution in [0.1, 0.15) is 20.7 Å². The maximum Gasteiger partial charge on any atom is 0.335 e. The maximum absolute atomic E-state index is 13.4. The summed E-state index contributed by atoms with van der Waals surface area (Å²) in [6, 6.07) is 8.62. The third kappa shape index (κ3) is 2.80. The molecule has 2 aromatic carbocycles. The molecule has 4 nitrogen and oxygen atoms in total. The molecule has 2 rings (SSSR count). The first-order valence-electron chi connectivity index (χ1n) is 5.58. The lowest BCUT2D eigenvalue weighted by Gasteiger charge is -2.07. The second-order valence-corrected chi connectivity index (χ2v) is 3.94. The van der Waals surface area contributed by atoms with E-state index in [1.807, 2.05) is 0 Å². The van der Waals surface area contributed by atoms with Gasteiger partial charge in [-0.15, -0.1) is 0 Å². The minimum Gasteiger partial charge on any atom is -0.478 e. The number of aromatic carboxylic acids is 1. The molecule has 6 heteroatoms. The molecule has 0 saturated heterocycles. The van der Waals surface area contributed by atoms with Crippen LogP contribution in [0.3, 0.4) is 0 Å². The van der Waals surface area contributed by atoms with Gasteiger partial charge in [-0.3, -0.25) is 4.79 Å². The van der Waals surface area contributed by atoms with Gasteiger partial charge in [-0.1, -0.05) is 12.1 Å². The van der Waals surface area contributed by atoms with Crippen molar-refractivity contribution in [3.63, 3.8) is 0 Å². The molecule has 0 aliphatic carbocycles. The van der Waals surface area contributed by atoms with Crippen LogP contribution < -0.4 is 5.32 Å². The van der Waals surface area contributed by atoms with Gasteiger partial charge in [0.05, 0.1) is 11.3 Å². The molecule has 0 heterocycles. The van der Waals surface area contributed by atoms with E-state index in [0.717, 1.165) is 12.1 Å². The van der Waals surface area contributed by atoms with Gasteiger partial charge in [0.15, 0.2) is 11.6 Å². The molecule has 2 aromatic rings. The Morgan fingerprint density at radius 1 is 1.00 bits per heavy atom. The summed E-state index contributed by atoms with van der Waals surface area (Å²) in [5.74, 6) is -4.16. The number of carbonyl (C=O) groups is 2. The molecular formula is C14H9F2NO3. The van der Waals surface area contributed by atoms with Crippen molar-refractivity contribution in [3.8, 4) is 0 Å². The molecule has 102 valence electrons. The average molecular weight is 277 g/mol. The van der Waals surface area contributed by atoms with Gasteiger partial charge in [0.2, 0.25) is 0 Å². The first kappa shape index (κ1) is 13.7. The minimum absolute atomic E-state index is 0.0357. The van der Waals surface area contributed by atoms with E-state index >= 15 is 0 Å². The summed E-state index contributed by atoms with van der Waals surface area (Å²) in [7, 11) is 0. The highest BCUT2D eigenvalue weighted by molar-refractivity contribution is 6.05. The van der Waals surface area contributed by atoms with Gasteiger partial charge in [0.25, 0.3) is 5.91 Å². The Balaban J connectivity index is 2.26. The van der Waals surface area contributed by atoms with E-state index in [4.69, 9.17) is 5.11 Å². The Morgan fingerprint density at radius 2 is 1.65 bits per heavy atom. The number of rotatable bonds is 3. The molecular weight excluding hydrogens is 268 g/mol. The molecule has 0 unspecified atom stereocenters. The number of hydrogen-bond donors (Lipinski definition) is 2. The molecule has 0 spiro atoms. The molecule has 0 saturated carbocycles. The summed E-state index contributed by atoms with van der Waals surface area (Å²) in [4.78, 5) is 22.7. The van der Waals surface area contributed by atoms with Crippen LogP contribution in [0.25, 0.3) is 0 Å². The Kier molecular flexibility index (Phi) is 3.74. The zero-order chi connectivity index (χ0) is 14.7. The SMILES string of the molecule is O=C(O)c1cccc(C(=O)Nc2cccc(F)c2F)c1. The van der Waals surface area contributed by atoms with Crippen molar-refractivity contribution in [1.29, 1.82) is 0 Å². The Hall–Kier alpha value is -2.76. The molecule has 0 aliphatic heterocycles. The lowest BCUT2D eigenvalue weighted by atomic mass is 10.1. The minimum atomic E-state index is -1.18. The highest BCUT2D eigenvalue weighted by Gasteiger charge is 2.13. The van der Waals surface area contributed by atoms with Crippen molar-refractivity contribution in [2.75, 3.05) is 5.32 Å². The van der Waals surface area contributed by atoms with E-state index in [1.54, 1.807) is 0 Å². The Bertz CT molecular complexity index is 686. The monoisotopic (exact) mass is 277 g/mol. The normalized spacial score (nSPS) is 10.1. The number of amides is 1. The second kappa shape index (κ2) is 5.48. The third-order valence-electron chi connectivity index (χ3n) is 2.57. The molecule has 0 aromatic heterocycles. The van der Waals surface area contributed by atoms with Crippen LogP contribution in [0, 0.1) is 11.6 Å². The predicted molar refractivity (Wildman–Crippen MR) is 67.7 cm³/mol. The standard InChI is InChI=1S/C14H9F2NO3/c15-10-5-2-6-11(12(10)16)17-13(18)8-3-1-4-9(7-8)14(19)20/h1-7H,(H,17,18)(H,19,20). The second-order valence-electron chi connectivity index (χ2n) is 3.94. The number of carboxylic acid groups (broad SMARTS) is 1. The molecule has 0 atom stereocenters. The van der Waals surface area contributed by atoms with Gasteiger partial charge in [0.1, 0.15) is 0 Å². The van der Waals surface area contributed by atoms with Crippen LogP contribution in [-0.4, -0.2) is 17.0 Å². The number of benzene rings is 2. The van der Waals surface area contributed by atoms with Gasteiger partial charge in [-0.2, -0.15) is 0 Å². The largest absolute Gasteiger partial charge is 0.478 e. The van der Waals surface area contributed by atoms with Crippen LogP contribution in [-0.2, 0) is 0 Å². The number of anilines is 1. The van der Waals surface area contributed by atoms with Crippen LogP contribution in [0.2, 0.25) is 0 Å². The fourth-order valence-corrected chi connectivity index (χ4v) is 1.59. The number of carboxylic acids is 1. The lowest BCUT2D eigenvalue weighted by molar-refractivity contribution is 0.0697. The van der Waals surface area contributed by atoms with Crippen molar-refractivity contribution in [2.45, 2.75) is 0 Å². The Morgan fingerprint density at radius 3 is 2.35 bits per heavy atom. The number of hydrogen-bond acceptors (Lipinski definition) is 2. The molecule has 2 N–H and O–H groups in total. The number of carbonyl (C=O) groups excluding carboxylic acids is 1. The van der Waals surface area contributed by atoms with Crippen LogP contribution in [0.4, 0.5) is 14.5 Å². The quantitative estimate of drug-likeness (QED) is 0.906. The van der Waals surface area contributed by atoms with E-state index < -0.39 is 23.5 Å². The zero-order valence-corrected chi connectivity index (χ0v) is 10.1. The maximum atomic E-state index is 13.4. The van der Waals surface area contributed by atoms with Gasteiger partial charge in [-0.25, -0.2) is 13.6 Å². The fraction of sp³-hybridized carbons (Fsp3) is 0. The van der Waals surface area contributed by atoms with Gasteiger partial charge < -0.3 is 10.4 Å². The summed E-state index contributed by atoms with van der Waals surface area (Å²) in [5, 5.41) is 11.0. The van der Waals surface area contributed by atoms with Crippen LogP contribution >= 0.6 is 0 Å². The topological polar surface area (TPSA) is 66.4 Å². The summed E-state index contributed by atoms with van der Waals surface area (Å²) < 4.78 is 26.4. The summed E-state index contributed by atoms with van der Waals surface area (Å²) in [5.41, 5.74) is -0.346. The van der Waals surface area contributed by atoms with E-state index in [1.165, 1.54) is 30.3 Å². The predicted octanol–water partition coefficient (Wildman–Crippen LogP) is 2.92. The van der Waals surface area contributed by atoms with Crippen molar-refractivity contribution >= 4 is 17.6 Å². The number of halogens is 2. The first-order chi connectivity index (χ1) is 9.49. The average Bonchev–Trinajstić information content (AvgIpc) is 2.44. The molecule has 1 amide bonds. The fourth-order valence-electron chi connectivity index (χ4n) is 1.59. The van der Waals surface area contributed by atoms with E-state index in [2.05, 4.69) is 5.32 Å². The Labute approximate surface area is 112 Å². The third-order valence-corrected chi connectivity index (χ3v) is 2.57. The number of nitrogens with one attached hydrogen (secondary N) is 1. The summed E-state index contributed by atoms with van der Waals surface area (Å²) in [6.07, 6.45) is 0. The molecule has 0 fully saturated rings. The van der Waals surface area contributed by atoms with Gasteiger partial charge in [-0.05, 0) is 30.3 Å². The van der Waals surface area contributed by atoms with Crippen molar-refractivity contribution in [3.05, 3.63) is 65.2 Å². The molecule has 0 aliphatic rings. The van der Waals surface area contributed by atoms with Crippen molar-refractivity contribution < 1.29 is 23.5 Å². The molecule has 0 bridgehead atoms. The molecule has 0 radical (unpaired) electrons. The van der Waals surface area contributed by atoms with Gasteiger partial charge in [0, 0.05) is 5.56 Å². The van der Waals surface area contributed by atoms with E-state index in [-0.39, 0.29) is 16.8 Å². The zero-order valence-electron chi connectivity index (χ0n) is 10.1. The van der Waals surface area contributed by atoms with Crippen LogP contribution in [0.5, 0.6) is 0 Å². The first-order valence-corrected chi connectivity index (χ1v) is 5.58. The smallest absolute Gasteiger partial charge is 0.335 e.